The van der Waals surface area contributed by atoms with E-state index in [0.29, 0.717) is 28.3 Å². The van der Waals surface area contributed by atoms with Crippen molar-refractivity contribution in [1.82, 2.24) is 25.2 Å². The molecule has 0 radical (unpaired) electrons. The molecule has 0 bridgehead atoms. The van der Waals surface area contributed by atoms with Gasteiger partial charge >= 0.3 is 0 Å². The number of carbonyl (C=O) groups is 1. The second-order valence-corrected chi connectivity index (χ2v) is 8.29. The summed E-state index contributed by atoms with van der Waals surface area (Å²) in [5.41, 5.74) is 4.85. The van der Waals surface area contributed by atoms with E-state index in [1.54, 1.807) is 24.4 Å². The van der Waals surface area contributed by atoms with E-state index in [9.17, 15) is 4.79 Å². The molecule has 0 aliphatic carbocycles. The summed E-state index contributed by atoms with van der Waals surface area (Å²) in [5, 5.41) is 13.9. The highest BCUT2D eigenvalue weighted by Gasteiger charge is 2.17. The molecule has 0 aliphatic rings. The molecule has 4 aromatic rings. The highest BCUT2D eigenvalue weighted by molar-refractivity contribution is 7.99. The van der Waals surface area contributed by atoms with Gasteiger partial charge in [-0.15, -0.1) is 10.2 Å². The fraction of sp³-hybridized carbons (Fsp3) is 0.125. The van der Waals surface area contributed by atoms with Crippen molar-refractivity contribution in [1.29, 1.82) is 0 Å². The minimum atomic E-state index is -0.272. The maximum atomic E-state index is 12.3. The standard InChI is InChI=1S/C24H21ClN6O2S/c1-2-33-21-12-10-20(11-13-21)31-23(17-6-8-18(25)9-7-17)29-30-24(31)34-16-22(32)28-27-15-19-5-3-4-14-26-19/h3-15H,2,16H2,1H3,(H,28,32)/b27-15-. The fourth-order valence-electron chi connectivity index (χ4n) is 3.03. The lowest BCUT2D eigenvalue weighted by Gasteiger charge is -2.11. The van der Waals surface area contributed by atoms with Gasteiger partial charge < -0.3 is 4.74 Å². The Labute approximate surface area is 206 Å². The maximum absolute atomic E-state index is 12.3. The van der Waals surface area contributed by atoms with Gasteiger partial charge in [-0.2, -0.15) is 5.10 Å². The Morgan fingerprint density at radius 2 is 1.91 bits per heavy atom. The molecular weight excluding hydrogens is 472 g/mol. The second-order valence-electron chi connectivity index (χ2n) is 6.91. The average molecular weight is 493 g/mol. The molecule has 0 fully saturated rings. The van der Waals surface area contributed by atoms with Gasteiger partial charge in [-0.05, 0) is 67.6 Å². The number of benzene rings is 2. The van der Waals surface area contributed by atoms with Crippen molar-refractivity contribution in [2.24, 2.45) is 5.10 Å². The van der Waals surface area contributed by atoms with E-state index in [2.05, 4.69) is 25.7 Å². The van der Waals surface area contributed by atoms with E-state index in [1.807, 2.05) is 60.0 Å². The molecule has 34 heavy (non-hydrogen) atoms. The molecule has 0 saturated heterocycles. The van der Waals surface area contributed by atoms with Gasteiger partial charge in [0, 0.05) is 22.5 Å². The van der Waals surface area contributed by atoms with E-state index in [0.717, 1.165) is 17.0 Å². The van der Waals surface area contributed by atoms with Crippen LogP contribution < -0.4 is 10.2 Å². The summed E-state index contributed by atoms with van der Waals surface area (Å²) in [6, 6.07) is 20.4. The minimum Gasteiger partial charge on any atom is -0.494 e. The number of halogens is 1. The number of hydrazone groups is 1. The molecule has 0 atom stereocenters. The summed E-state index contributed by atoms with van der Waals surface area (Å²) in [7, 11) is 0. The summed E-state index contributed by atoms with van der Waals surface area (Å²) in [6.45, 7) is 2.52. The zero-order valence-electron chi connectivity index (χ0n) is 18.3. The molecule has 172 valence electrons. The van der Waals surface area contributed by atoms with Crippen LogP contribution in [0.3, 0.4) is 0 Å². The molecule has 2 heterocycles. The molecule has 0 unspecified atom stereocenters. The normalized spacial score (nSPS) is 11.0. The highest BCUT2D eigenvalue weighted by Crippen LogP contribution is 2.29. The van der Waals surface area contributed by atoms with Gasteiger partial charge in [0.2, 0.25) is 0 Å². The zero-order valence-corrected chi connectivity index (χ0v) is 19.8. The largest absolute Gasteiger partial charge is 0.494 e. The van der Waals surface area contributed by atoms with E-state index in [1.165, 1.54) is 18.0 Å². The number of pyridine rings is 1. The monoisotopic (exact) mass is 492 g/mol. The minimum absolute atomic E-state index is 0.106. The van der Waals surface area contributed by atoms with Gasteiger partial charge in [0.15, 0.2) is 11.0 Å². The molecule has 0 aliphatic heterocycles. The van der Waals surface area contributed by atoms with Gasteiger partial charge in [-0.25, -0.2) is 5.43 Å². The lowest BCUT2D eigenvalue weighted by atomic mass is 10.2. The number of hydrogen-bond acceptors (Lipinski definition) is 7. The Balaban J connectivity index is 1.53. The third-order valence-electron chi connectivity index (χ3n) is 4.55. The van der Waals surface area contributed by atoms with Gasteiger partial charge in [-0.1, -0.05) is 29.4 Å². The van der Waals surface area contributed by atoms with Crippen LogP contribution in [0.2, 0.25) is 5.02 Å². The van der Waals surface area contributed by atoms with Crippen molar-refractivity contribution in [2.75, 3.05) is 12.4 Å². The Bertz CT molecular complexity index is 1260. The molecule has 8 nitrogen and oxygen atoms in total. The van der Waals surface area contributed by atoms with Crippen LogP contribution in [0.5, 0.6) is 5.75 Å². The van der Waals surface area contributed by atoms with Gasteiger partial charge in [0.05, 0.1) is 24.3 Å². The van der Waals surface area contributed by atoms with Crippen molar-refractivity contribution in [3.63, 3.8) is 0 Å². The number of thioether (sulfide) groups is 1. The van der Waals surface area contributed by atoms with Gasteiger partial charge in [-0.3, -0.25) is 14.3 Å². The summed E-state index contributed by atoms with van der Waals surface area (Å²) in [4.78, 5) is 16.5. The summed E-state index contributed by atoms with van der Waals surface area (Å²) in [6.07, 6.45) is 3.15. The van der Waals surface area contributed by atoms with Crippen molar-refractivity contribution in [2.45, 2.75) is 12.1 Å². The lowest BCUT2D eigenvalue weighted by Crippen LogP contribution is -2.20. The molecular formula is C24H21ClN6O2S. The third kappa shape index (κ3) is 6.00. The molecule has 0 saturated carbocycles. The summed E-state index contributed by atoms with van der Waals surface area (Å²) in [5.74, 6) is 1.24. The van der Waals surface area contributed by atoms with Crippen molar-refractivity contribution < 1.29 is 9.53 Å². The third-order valence-corrected chi connectivity index (χ3v) is 5.73. The van der Waals surface area contributed by atoms with E-state index < -0.39 is 0 Å². The van der Waals surface area contributed by atoms with Crippen LogP contribution in [-0.4, -0.2) is 44.2 Å². The van der Waals surface area contributed by atoms with Crippen LogP contribution >= 0.6 is 23.4 Å². The molecule has 4 rings (SSSR count). The molecule has 1 amide bonds. The topological polar surface area (TPSA) is 94.3 Å². The van der Waals surface area contributed by atoms with Crippen LogP contribution in [0, 0.1) is 0 Å². The molecule has 0 spiro atoms. The Hall–Kier alpha value is -3.69. The second kappa shape index (κ2) is 11.4. The van der Waals surface area contributed by atoms with Crippen LogP contribution in [-0.2, 0) is 4.79 Å². The molecule has 1 N–H and O–H groups in total. The van der Waals surface area contributed by atoms with Crippen LogP contribution in [0.15, 0.2) is 83.2 Å². The Morgan fingerprint density at radius 1 is 1.12 bits per heavy atom. The SMILES string of the molecule is CCOc1ccc(-n2c(SCC(=O)N/N=C\c3ccccn3)nnc2-c2ccc(Cl)cc2)cc1. The first-order chi connectivity index (χ1) is 16.6. The highest BCUT2D eigenvalue weighted by atomic mass is 35.5. The zero-order chi connectivity index (χ0) is 23.8. The van der Waals surface area contributed by atoms with Crippen LogP contribution in [0.1, 0.15) is 12.6 Å². The fourth-order valence-corrected chi connectivity index (χ4v) is 3.90. The quantitative estimate of drug-likeness (QED) is 0.208. The Kier molecular flexibility index (Phi) is 7.90. The number of nitrogens with zero attached hydrogens (tertiary/aromatic N) is 5. The molecule has 2 aromatic heterocycles. The summed E-state index contributed by atoms with van der Waals surface area (Å²) < 4.78 is 7.45. The van der Waals surface area contributed by atoms with Crippen molar-refractivity contribution >= 4 is 35.5 Å². The molecule has 2 aromatic carbocycles. The Morgan fingerprint density at radius 3 is 2.62 bits per heavy atom. The number of hydrogen-bond donors (Lipinski definition) is 1. The average Bonchev–Trinajstić information content (AvgIpc) is 3.28. The first-order valence-electron chi connectivity index (χ1n) is 10.4. The van der Waals surface area contributed by atoms with Crippen LogP contribution in [0.4, 0.5) is 0 Å². The predicted molar refractivity (Wildman–Crippen MR) is 134 cm³/mol. The van der Waals surface area contributed by atoms with Gasteiger partial charge in [0.1, 0.15) is 5.75 Å². The number of aromatic nitrogens is 4. The maximum Gasteiger partial charge on any atom is 0.250 e. The first-order valence-corrected chi connectivity index (χ1v) is 11.8. The number of rotatable bonds is 9. The van der Waals surface area contributed by atoms with E-state index in [4.69, 9.17) is 16.3 Å². The number of carbonyl (C=O) groups excluding carboxylic acids is 1. The number of amides is 1. The van der Waals surface area contributed by atoms with Crippen molar-refractivity contribution in [3.8, 4) is 22.8 Å². The smallest absolute Gasteiger partial charge is 0.250 e. The summed E-state index contributed by atoms with van der Waals surface area (Å²) >= 11 is 7.31. The van der Waals surface area contributed by atoms with E-state index >= 15 is 0 Å². The molecule has 10 heteroatoms. The van der Waals surface area contributed by atoms with Crippen molar-refractivity contribution in [3.05, 3.63) is 83.6 Å². The van der Waals surface area contributed by atoms with E-state index in [-0.39, 0.29) is 11.7 Å². The first kappa shape index (κ1) is 23.5. The van der Waals surface area contributed by atoms with Gasteiger partial charge in [0.25, 0.3) is 5.91 Å². The van der Waals surface area contributed by atoms with Crippen LogP contribution in [0.25, 0.3) is 17.1 Å². The lowest BCUT2D eigenvalue weighted by molar-refractivity contribution is -0.118. The number of nitrogens with one attached hydrogen (secondary N) is 1. The predicted octanol–water partition coefficient (Wildman–Crippen LogP) is 4.62. The number of ether oxygens (including phenoxy) is 1.